The summed E-state index contributed by atoms with van der Waals surface area (Å²) in [6, 6.07) is 0. The molecule has 1 rings (SSSR count). The van der Waals surface area contributed by atoms with Gasteiger partial charge in [-0.15, -0.1) is 0 Å². The fraction of sp³-hybridized carbons (Fsp3) is 0.800. The van der Waals surface area contributed by atoms with Crippen LogP contribution in [0.3, 0.4) is 0 Å². The van der Waals surface area contributed by atoms with Crippen LogP contribution in [0.5, 0.6) is 0 Å². The number of allylic oxidation sites excluding steroid dienone is 1. The fourth-order valence-corrected chi connectivity index (χ4v) is 2.78. The Bertz CT molecular complexity index is 294. The third kappa shape index (κ3) is 3.86. The standard InChI is InChI=1S/C15H26O2/c1-5-15(3,4)13-8-6-12(7-9-13)10-11(2)14(16)17/h10,12-13H,5-9H2,1-4H3,(H,16,17). The highest BCUT2D eigenvalue weighted by Crippen LogP contribution is 2.42. The molecule has 0 heterocycles. The van der Waals surface area contributed by atoms with Crippen molar-refractivity contribution in [2.45, 2.75) is 59.8 Å². The van der Waals surface area contributed by atoms with E-state index in [1.54, 1.807) is 6.92 Å². The molecule has 1 aliphatic rings. The van der Waals surface area contributed by atoms with Gasteiger partial charge in [0.15, 0.2) is 0 Å². The highest BCUT2D eigenvalue weighted by atomic mass is 16.4. The number of hydrogen-bond donors (Lipinski definition) is 1. The van der Waals surface area contributed by atoms with Crippen molar-refractivity contribution in [3.05, 3.63) is 11.6 Å². The Kier molecular flexibility index (Phi) is 4.79. The van der Waals surface area contributed by atoms with E-state index in [2.05, 4.69) is 20.8 Å². The van der Waals surface area contributed by atoms with Gasteiger partial charge in [0.25, 0.3) is 0 Å². The molecule has 0 atom stereocenters. The number of carboxylic acid groups (broad SMARTS) is 1. The third-order valence-corrected chi connectivity index (χ3v) is 4.61. The van der Waals surface area contributed by atoms with Gasteiger partial charge < -0.3 is 5.11 Å². The van der Waals surface area contributed by atoms with Crippen molar-refractivity contribution < 1.29 is 9.90 Å². The molecule has 1 N–H and O–H groups in total. The summed E-state index contributed by atoms with van der Waals surface area (Å²) >= 11 is 0. The first-order valence-corrected chi connectivity index (χ1v) is 6.78. The van der Waals surface area contributed by atoms with Gasteiger partial charge in [-0.3, -0.25) is 0 Å². The summed E-state index contributed by atoms with van der Waals surface area (Å²) in [6.07, 6.45) is 7.98. The molecule has 0 aromatic carbocycles. The van der Waals surface area contributed by atoms with E-state index >= 15 is 0 Å². The maximum atomic E-state index is 10.8. The second kappa shape index (κ2) is 5.70. The quantitative estimate of drug-likeness (QED) is 0.743. The number of aliphatic carboxylic acids is 1. The van der Waals surface area contributed by atoms with Gasteiger partial charge in [-0.05, 0) is 49.9 Å². The molecule has 98 valence electrons. The smallest absolute Gasteiger partial charge is 0.330 e. The van der Waals surface area contributed by atoms with Crippen molar-refractivity contribution in [3.8, 4) is 0 Å². The topological polar surface area (TPSA) is 37.3 Å². The van der Waals surface area contributed by atoms with Crippen molar-refractivity contribution in [3.63, 3.8) is 0 Å². The van der Waals surface area contributed by atoms with Crippen molar-refractivity contribution in [2.24, 2.45) is 17.3 Å². The summed E-state index contributed by atoms with van der Waals surface area (Å²) in [7, 11) is 0. The molecular weight excluding hydrogens is 212 g/mol. The lowest BCUT2D eigenvalue weighted by molar-refractivity contribution is -0.132. The van der Waals surface area contributed by atoms with Crippen LogP contribution >= 0.6 is 0 Å². The van der Waals surface area contributed by atoms with Gasteiger partial charge in [-0.2, -0.15) is 0 Å². The van der Waals surface area contributed by atoms with Crippen LogP contribution in [-0.2, 0) is 4.79 Å². The van der Waals surface area contributed by atoms with Gasteiger partial charge in [0, 0.05) is 5.57 Å². The summed E-state index contributed by atoms with van der Waals surface area (Å²) in [5.41, 5.74) is 0.944. The zero-order valence-corrected chi connectivity index (χ0v) is 11.6. The van der Waals surface area contributed by atoms with E-state index in [1.807, 2.05) is 6.08 Å². The minimum Gasteiger partial charge on any atom is -0.478 e. The monoisotopic (exact) mass is 238 g/mol. The van der Waals surface area contributed by atoms with Crippen LogP contribution in [0.2, 0.25) is 0 Å². The van der Waals surface area contributed by atoms with Gasteiger partial charge in [0.05, 0.1) is 0 Å². The molecule has 0 radical (unpaired) electrons. The van der Waals surface area contributed by atoms with Crippen molar-refractivity contribution >= 4 is 5.97 Å². The SMILES string of the molecule is CCC(C)(C)C1CCC(C=C(C)C(=O)O)CC1. The molecule has 0 spiro atoms. The van der Waals surface area contributed by atoms with Crippen LogP contribution < -0.4 is 0 Å². The van der Waals surface area contributed by atoms with E-state index in [1.165, 1.54) is 19.3 Å². The largest absolute Gasteiger partial charge is 0.478 e. The van der Waals surface area contributed by atoms with Crippen LogP contribution in [0, 0.1) is 17.3 Å². The predicted octanol–water partition coefficient (Wildman–Crippen LogP) is 4.26. The molecule has 0 unspecified atom stereocenters. The van der Waals surface area contributed by atoms with E-state index in [-0.39, 0.29) is 0 Å². The van der Waals surface area contributed by atoms with E-state index in [4.69, 9.17) is 5.11 Å². The minimum atomic E-state index is -0.777. The predicted molar refractivity (Wildman–Crippen MR) is 70.9 cm³/mol. The molecule has 2 nitrogen and oxygen atoms in total. The van der Waals surface area contributed by atoms with Crippen LogP contribution in [-0.4, -0.2) is 11.1 Å². The van der Waals surface area contributed by atoms with E-state index in [0.717, 1.165) is 18.8 Å². The maximum absolute atomic E-state index is 10.8. The Labute approximate surface area is 105 Å². The lowest BCUT2D eigenvalue weighted by Crippen LogP contribution is -2.27. The molecule has 0 bridgehead atoms. The fourth-order valence-electron chi connectivity index (χ4n) is 2.78. The van der Waals surface area contributed by atoms with Crippen molar-refractivity contribution in [1.29, 1.82) is 0 Å². The van der Waals surface area contributed by atoms with Gasteiger partial charge in [0.2, 0.25) is 0 Å². The number of carbonyl (C=O) groups is 1. The van der Waals surface area contributed by atoms with Crippen molar-refractivity contribution in [2.75, 3.05) is 0 Å². The first-order chi connectivity index (χ1) is 7.86. The second-order valence-corrected chi connectivity index (χ2v) is 6.11. The Morgan fingerprint density at radius 2 is 1.82 bits per heavy atom. The third-order valence-electron chi connectivity index (χ3n) is 4.61. The molecule has 1 fully saturated rings. The van der Waals surface area contributed by atoms with Gasteiger partial charge in [-0.25, -0.2) is 4.79 Å². The maximum Gasteiger partial charge on any atom is 0.330 e. The molecule has 0 amide bonds. The molecule has 2 heteroatoms. The average molecular weight is 238 g/mol. The van der Waals surface area contributed by atoms with E-state index < -0.39 is 5.97 Å². The zero-order chi connectivity index (χ0) is 13.1. The molecule has 0 saturated heterocycles. The molecule has 0 aromatic rings. The van der Waals surface area contributed by atoms with Crippen LogP contribution in [0.15, 0.2) is 11.6 Å². The Hall–Kier alpha value is -0.790. The Balaban J connectivity index is 2.52. The van der Waals surface area contributed by atoms with Crippen LogP contribution in [0.25, 0.3) is 0 Å². The van der Waals surface area contributed by atoms with E-state index in [9.17, 15) is 4.79 Å². The van der Waals surface area contributed by atoms with Gasteiger partial charge in [-0.1, -0.05) is 33.3 Å². The number of rotatable bonds is 4. The first-order valence-electron chi connectivity index (χ1n) is 6.78. The highest BCUT2D eigenvalue weighted by Gasteiger charge is 2.31. The summed E-state index contributed by atoms with van der Waals surface area (Å²) in [6.45, 7) is 8.68. The number of carboxylic acids is 1. The molecular formula is C15H26O2. The minimum absolute atomic E-state index is 0.441. The molecule has 1 aliphatic carbocycles. The Morgan fingerprint density at radius 3 is 2.24 bits per heavy atom. The Morgan fingerprint density at radius 1 is 1.29 bits per heavy atom. The van der Waals surface area contributed by atoms with Crippen LogP contribution in [0.1, 0.15) is 59.8 Å². The van der Waals surface area contributed by atoms with Crippen molar-refractivity contribution in [1.82, 2.24) is 0 Å². The second-order valence-electron chi connectivity index (χ2n) is 6.11. The average Bonchev–Trinajstić information content (AvgIpc) is 2.29. The van der Waals surface area contributed by atoms with E-state index in [0.29, 0.717) is 16.9 Å². The van der Waals surface area contributed by atoms with Gasteiger partial charge in [0.1, 0.15) is 0 Å². The molecule has 1 saturated carbocycles. The van der Waals surface area contributed by atoms with Gasteiger partial charge >= 0.3 is 5.97 Å². The summed E-state index contributed by atoms with van der Waals surface area (Å²) < 4.78 is 0. The summed E-state index contributed by atoms with van der Waals surface area (Å²) in [5, 5.41) is 8.86. The first kappa shape index (κ1) is 14.3. The number of hydrogen-bond acceptors (Lipinski definition) is 1. The normalized spacial score (nSPS) is 26.9. The van der Waals surface area contributed by atoms with Crippen LogP contribution in [0.4, 0.5) is 0 Å². The lowest BCUT2D eigenvalue weighted by Gasteiger charge is -2.38. The summed E-state index contributed by atoms with van der Waals surface area (Å²) in [5.74, 6) is 0.512. The molecule has 0 aliphatic heterocycles. The lowest BCUT2D eigenvalue weighted by atomic mass is 9.67. The zero-order valence-electron chi connectivity index (χ0n) is 11.6. The summed E-state index contributed by atoms with van der Waals surface area (Å²) in [4.78, 5) is 10.8. The highest BCUT2D eigenvalue weighted by molar-refractivity contribution is 5.85. The molecule has 17 heavy (non-hydrogen) atoms. The molecule has 0 aromatic heterocycles.